The van der Waals surface area contributed by atoms with Gasteiger partial charge in [-0.2, -0.15) is 5.26 Å². The number of carbonyl (C=O) groups is 4. The Labute approximate surface area is 260 Å². The van der Waals surface area contributed by atoms with Crippen LogP contribution in [-0.2, 0) is 48.5 Å². The van der Waals surface area contributed by atoms with Gasteiger partial charge in [-0.15, -0.1) is 0 Å². The number of hydrogen-bond acceptors (Lipinski definition) is 13. The highest BCUT2D eigenvalue weighted by Gasteiger charge is 2.78. The summed E-state index contributed by atoms with van der Waals surface area (Å²) in [5.74, 6) is -6.39. The number of hydrogen-bond donors (Lipinski definition) is 0. The minimum Gasteiger partial charge on any atom is -0.468 e. The number of esters is 4. The molecule has 0 amide bonds. The molecule has 3 atom stereocenters. The smallest absolute Gasteiger partial charge is 0.344 e. The first-order valence-electron chi connectivity index (χ1n) is 13.9. The molecule has 0 aromatic heterocycles. The lowest BCUT2D eigenvalue weighted by Crippen LogP contribution is -2.57. The molecule has 1 aliphatic carbocycles. The van der Waals surface area contributed by atoms with Crippen LogP contribution in [0.15, 0.2) is 56.7 Å². The van der Waals surface area contributed by atoms with Crippen molar-refractivity contribution in [1.82, 2.24) is 0 Å². The lowest BCUT2D eigenvalue weighted by atomic mass is 9.60. The van der Waals surface area contributed by atoms with Gasteiger partial charge >= 0.3 is 23.9 Å². The molecule has 4 rings (SSSR count). The highest BCUT2D eigenvalue weighted by molar-refractivity contribution is 6.27. The van der Waals surface area contributed by atoms with Crippen molar-refractivity contribution in [3.05, 3.63) is 52.3 Å². The number of rotatable bonds is 4. The molecule has 1 spiro atoms. The molecule has 1 aromatic carbocycles. The summed E-state index contributed by atoms with van der Waals surface area (Å²) in [5.41, 5.74) is -8.06. The zero-order valence-electron chi connectivity index (χ0n) is 26.8. The first-order valence-corrected chi connectivity index (χ1v) is 13.9. The molecule has 0 N–H and O–H groups in total. The second-order valence-electron chi connectivity index (χ2n) is 12.4. The predicted molar refractivity (Wildman–Crippen MR) is 158 cm³/mol. The SMILES string of the molecule is COC(=O)C1=C(C(=O)OC)[C@]2(OC1=NC(C)(C)C)c1ccccc1OC1=C(C(=O)OC)[C@@H](C(=O)OC)C(=NC(C)(C)C)[C@]12C#N. The van der Waals surface area contributed by atoms with Crippen LogP contribution in [0, 0.1) is 22.7 Å². The molecule has 1 aromatic rings. The van der Waals surface area contributed by atoms with Crippen LogP contribution >= 0.6 is 0 Å². The third-order valence-electron chi connectivity index (χ3n) is 7.29. The van der Waals surface area contributed by atoms with Gasteiger partial charge in [0, 0.05) is 5.56 Å². The summed E-state index contributed by atoms with van der Waals surface area (Å²) in [6.07, 6.45) is 0. The van der Waals surface area contributed by atoms with Crippen LogP contribution in [0.5, 0.6) is 5.75 Å². The van der Waals surface area contributed by atoms with Gasteiger partial charge in [-0.05, 0) is 47.6 Å². The van der Waals surface area contributed by atoms with Gasteiger partial charge in [-0.1, -0.05) is 18.2 Å². The van der Waals surface area contributed by atoms with E-state index in [4.69, 9.17) is 33.4 Å². The first-order chi connectivity index (χ1) is 21.0. The van der Waals surface area contributed by atoms with Gasteiger partial charge < -0.3 is 28.4 Å². The van der Waals surface area contributed by atoms with Gasteiger partial charge in [-0.3, -0.25) is 9.79 Å². The molecule has 0 bridgehead atoms. The Hall–Kier alpha value is -4.99. The van der Waals surface area contributed by atoms with Crippen LogP contribution in [0.25, 0.3) is 0 Å². The Morgan fingerprint density at radius 1 is 0.844 bits per heavy atom. The van der Waals surface area contributed by atoms with E-state index < -0.39 is 74.4 Å². The molecular weight excluding hydrogens is 586 g/mol. The molecule has 238 valence electrons. The maximum atomic E-state index is 14.0. The van der Waals surface area contributed by atoms with E-state index in [2.05, 4.69) is 11.1 Å². The molecule has 0 saturated heterocycles. The van der Waals surface area contributed by atoms with E-state index in [0.717, 1.165) is 28.4 Å². The van der Waals surface area contributed by atoms with E-state index in [0.29, 0.717) is 0 Å². The van der Waals surface area contributed by atoms with Crippen molar-refractivity contribution in [3.63, 3.8) is 0 Å². The van der Waals surface area contributed by atoms with E-state index in [-0.39, 0.29) is 22.9 Å². The highest BCUT2D eigenvalue weighted by Crippen LogP contribution is 2.66. The summed E-state index contributed by atoms with van der Waals surface area (Å²) in [6, 6.07) is 8.47. The average Bonchev–Trinajstić information content (AvgIpc) is 3.45. The quantitative estimate of drug-likeness (QED) is 0.357. The Balaban J connectivity index is 2.41. The Morgan fingerprint density at radius 3 is 1.93 bits per heavy atom. The topological polar surface area (TPSA) is 172 Å². The van der Waals surface area contributed by atoms with Crippen LogP contribution in [-0.4, -0.2) is 75.0 Å². The third kappa shape index (κ3) is 4.85. The fourth-order valence-corrected chi connectivity index (χ4v) is 5.80. The Kier molecular flexibility index (Phi) is 8.18. The van der Waals surface area contributed by atoms with Crippen LogP contribution in [0.3, 0.4) is 0 Å². The van der Waals surface area contributed by atoms with E-state index in [1.54, 1.807) is 53.7 Å². The number of methoxy groups -OCH3 is 4. The number of fused-ring (bicyclic) bond motifs is 4. The van der Waals surface area contributed by atoms with Crippen LogP contribution in [0.2, 0.25) is 0 Å². The van der Waals surface area contributed by atoms with E-state index >= 15 is 0 Å². The summed E-state index contributed by atoms with van der Waals surface area (Å²) < 4.78 is 33.5. The van der Waals surface area contributed by atoms with Gasteiger partial charge in [0.2, 0.25) is 16.9 Å². The lowest BCUT2D eigenvalue weighted by Gasteiger charge is -2.47. The van der Waals surface area contributed by atoms with Gasteiger partial charge in [0.25, 0.3) is 0 Å². The minimum absolute atomic E-state index is 0.0445. The monoisotopic (exact) mass is 621 g/mol. The van der Waals surface area contributed by atoms with Crippen molar-refractivity contribution in [2.75, 3.05) is 28.4 Å². The number of ether oxygens (including phenoxy) is 6. The molecular formula is C32H35N3O10. The Morgan fingerprint density at radius 2 is 1.42 bits per heavy atom. The van der Waals surface area contributed by atoms with E-state index in [1.165, 1.54) is 12.1 Å². The number of nitrogens with zero attached hydrogens (tertiary/aromatic N) is 3. The standard InChI is InChI=1S/C32H35N3O10/c1-29(2,3)34-22-18(25(36)40-7)19(26(37)41-8)23-31(22,15-33)32(16-13-11-12-14-17(16)44-23)21(28(39)43-10)20(27(38)42-9)24(45-32)35-30(4,5)6/h11-14,18H,1-10H3/t18-,31-,32-/m1/s1. The second kappa shape index (κ2) is 11.2. The van der Waals surface area contributed by atoms with Crippen molar-refractivity contribution in [2.45, 2.75) is 58.2 Å². The van der Waals surface area contributed by atoms with Crippen LogP contribution in [0.4, 0.5) is 0 Å². The Bertz CT molecular complexity index is 1660. The molecule has 0 radical (unpaired) electrons. The van der Waals surface area contributed by atoms with E-state index in [9.17, 15) is 24.4 Å². The molecule has 2 heterocycles. The number of nitriles is 1. The third-order valence-corrected chi connectivity index (χ3v) is 7.29. The van der Waals surface area contributed by atoms with Crippen molar-refractivity contribution >= 4 is 35.5 Å². The summed E-state index contributed by atoms with van der Waals surface area (Å²) in [4.78, 5) is 64.1. The predicted octanol–water partition coefficient (Wildman–Crippen LogP) is 3.12. The molecule has 2 aliphatic heterocycles. The summed E-state index contributed by atoms with van der Waals surface area (Å²) >= 11 is 0. The number of para-hydroxylation sites is 1. The van der Waals surface area contributed by atoms with Gasteiger partial charge in [0.1, 0.15) is 28.6 Å². The van der Waals surface area contributed by atoms with Crippen LogP contribution < -0.4 is 4.74 Å². The van der Waals surface area contributed by atoms with Gasteiger partial charge in [-0.25, -0.2) is 19.4 Å². The van der Waals surface area contributed by atoms with Crippen LogP contribution in [0.1, 0.15) is 47.1 Å². The summed E-state index contributed by atoms with van der Waals surface area (Å²) in [5, 5.41) is 11.4. The van der Waals surface area contributed by atoms with Crippen molar-refractivity contribution in [1.29, 1.82) is 5.26 Å². The first kappa shape index (κ1) is 32.9. The maximum Gasteiger partial charge on any atom is 0.344 e. The molecule has 0 fully saturated rings. The van der Waals surface area contributed by atoms with Crippen molar-refractivity contribution < 1.29 is 47.6 Å². The molecule has 13 heteroatoms. The molecule has 0 unspecified atom stereocenters. The van der Waals surface area contributed by atoms with Gasteiger partial charge in [0.15, 0.2) is 0 Å². The average molecular weight is 622 g/mol. The maximum absolute atomic E-state index is 14.0. The fraction of sp³-hybridized carbons (Fsp3) is 0.469. The fourth-order valence-electron chi connectivity index (χ4n) is 5.80. The number of benzene rings is 1. The zero-order valence-corrected chi connectivity index (χ0v) is 26.8. The van der Waals surface area contributed by atoms with Gasteiger partial charge in [0.05, 0.1) is 56.9 Å². The zero-order chi connectivity index (χ0) is 33.7. The number of carbonyl (C=O) groups excluding carboxylic acids is 4. The normalized spacial score (nSPS) is 25.7. The van der Waals surface area contributed by atoms with Crippen molar-refractivity contribution in [2.24, 2.45) is 21.3 Å². The summed E-state index contributed by atoms with van der Waals surface area (Å²) in [7, 11) is 4.41. The molecule has 3 aliphatic rings. The summed E-state index contributed by atoms with van der Waals surface area (Å²) in [6.45, 7) is 10.3. The molecule has 0 saturated carbocycles. The van der Waals surface area contributed by atoms with Crippen molar-refractivity contribution in [3.8, 4) is 11.8 Å². The largest absolute Gasteiger partial charge is 0.468 e. The van der Waals surface area contributed by atoms with E-state index in [1.807, 2.05) is 0 Å². The second-order valence-corrected chi connectivity index (χ2v) is 12.4. The minimum atomic E-state index is -2.41. The lowest BCUT2D eigenvalue weighted by molar-refractivity contribution is -0.145. The highest BCUT2D eigenvalue weighted by atomic mass is 16.6. The number of aliphatic imine (C=N–C) groups is 2. The molecule has 45 heavy (non-hydrogen) atoms. The molecule has 13 nitrogen and oxygen atoms in total.